The fraction of sp³-hybridized carbons (Fsp3) is 0.739. The molecule has 0 aliphatic carbocycles. The quantitative estimate of drug-likeness (QED) is 0.0616. The van der Waals surface area contributed by atoms with Crippen LogP contribution in [-0.4, -0.2) is 146 Å². The van der Waals surface area contributed by atoms with Gasteiger partial charge >= 0.3 is 0 Å². The zero-order valence-corrected chi connectivity index (χ0v) is 23.2. The van der Waals surface area contributed by atoms with Crippen LogP contribution in [0.25, 0.3) is 0 Å². The molecule has 16 nitrogen and oxygen atoms in total. The molecule has 0 saturated heterocycles. The molecule has 11 N–H and O–H groups in total. The molecular weight excluding hydrogens is 520 g/mol. The van der Waals surface area contributed by atoms with Crippen molar-refractivity contribution in [1.82, 2.24) is 26.6 Å². The normalized spacial score (nSPS) is 16.4. The second-order valence-corrected chi connectivity index (χ2v) is 8.59. The van der Waals surface area contributed by atoms with Crippen LogP contribution in [-0.2, 0) is 28.8 Å². The standard InChI is InChI=1S/C14H26N4O6.C9H18N2O4/c1-7(20)12(14(24)13(23)9(6-19)17-3)18-5-10(21)8(16-2)4-11(15)22;1-5(13)7(11-3)9(15)8(14)6(4-12)10-2/h7-9,12,16-20H,4-6H2,1-3H3,(H2,15,22);5-7,10-13H,4H2,1-3H3/t7-,8+,9+,12+;5-,6+,7+/m11/s1. The van der Waals surface area contributed by atoms with Gasteiger partial charge in [0.05, 0.1) is 56.1 Å². The van der Waals surface area contributed by atoms with Crippen LogP contribution < -0.4 is 32.3 Å². The minimum atomic E-state index is -1.31. The molecule has 1 amide bonds. The Balaban J connectivity index is 0. The van der Waals surface area contributed by atoms with Crippen molar-refractivity contribution >= 4 is 34.8 Å². The summed E-state index contributed by atoms with van der Waals surface area (Å²) in [4.78, 5) is 70.0. The van der Waals surface area contributed by atoms with Crippen LogP contribution in [0.15, 0.2) is 0 Å². The highest BCUT2D eigenvalue weighted by Gasteiger charge is 2.34. The number of Topliss-reactive ketones (excluding diaryl/α,β-unsaturated/α-hetero) is 5. The maximum Gasteiger partial charge on any atom is 0.219 e. The first-order valence-electron chi connectivity index (χ1n) is 12.2. The predicted octanol–water partition coefficient (Wildman–Crippen LogP) is -6.25. The van der Waals surface area contributed by atoms with Gasteiger partial charge in [-0.05, 0) is 42.0 Å². The molecule has 0 fully saturated rings. The van der Waals surface area contributed by atoms with Crippen molar-refractivity contribution in [3.63, 3.8) is 0 Å². The molecule has 0 aliphatic heterocycles. The first kappa shape index (κ1) is 38.6. The highest BCUT2D eigenvalue weighted by atomic mass is 16.3. The van der Waals surface area contributed by atoms with Gasteiger partial charge in [-0.3, -0.25) is 34.1 Å². The van der Waals surface area contributed by atoms with E-state index in [4.69, 9.17) is 15.9 Å². The molecule has 0 aromatic rings. The average Bonchev–Trinajstić information content (AvgIpc) is 2.88. The van der Waals surface area contributed by atoms with E-state index in [-0.39, 0.29) is 13.0 Å². The second-order valence-electron chi connectivity index (χ2n) is 8.59. The van der Waals surface area contributed by atoms with E-state index in [0.29, 0.717) is 0 Å². The van der Waals surface area contributed by atoms with Crippen molar-refractivity contribution in [3.05, 3.63) is 0 Å². The molecule has 0 aromatic heterocycles. The number of amides is 1. The van der Waals surface area contributed by atoms with Gasteiger partial charge in [-0.1, -0.05) is 0 Å². The molecular formula is C23H44N6O10. The number of hydrogen-bond acceptors (Lipinski definition) is 15. The Hall–Kier alpha value is -2.54. The van der Waals surface area contributed by atoms with E-state index >= 15 is 0 Å². The molecule has 0 rings (SSSR count). The first-order valence-corrected chi connectivity index (χ1v) is 12.2. The average molecular weight is 565 g/mol. The number of primary amides is 1. The van der Waals surface area contributed by atoms with Gasteiger partial charge in [0.15, 0.2) is 5.78 Å². The van der Waals surface area contributed by atoms with Crippen LogP contribution in [0.3, 0.4) is 0 Å². The molecule has 0 radical (unpaired) electrons. The van der Waals surface area contributed by atoms with E-state index < -0.39 is 90.5 Å². The van der Waals surface area contributed by atoms with Gasteiger partial charge in [0.1, 0.15) is 6.04 Å². The lowest BCUT2D eigenvalue weighted by Gasteiger charge is -2.22. The Labute approximate surface area is 227 Å². The van der Waals surface area contributed by atoms with E-state index in [1.807, 2.05) is 0 Å². The lowest BCUT2D eigenvalue weighted by Crippen LogP contribution is -2.55. The van der Waals surface area contributed by atoms with E-state index in [9.17, 15) is 39.0 Å². The summed E-state index contributed by atoms with van der Waals surface area (Å²) in [6.07, 6.45) is -2.41. The zero-order chi connectivity index (χ0) is 30.9. The van der Waals surface area contributed by atoms with Crippen LogP contribution in [0.2, 0.25) is 0 Å². The highest BCUT2D eigenvalue weighted by Crippen LogP contribution is 2.01. The number of hydrogen-bond donors (Lipinski definition) is 10. The number of aliphatic hydroxyl groups excluding tert-OH is 4. The largest absolute Gasteiger partial charge is 0.394 e. The smallest absolute Gasteiger partial charge is 0.219 e. The SMILES string of the molecule is CN[C@@H](CC(N)=O)C(=O)CN[C@H](C(=O)C(=O)[C@H](CO)NC)[C@@H](C)O.CN[C@@H](CO)C(=O)C(=O)[C@@H](NC)[C@@H](C)O. The van der Waals surface area contributed by atoms with Crippen LogP contribution >= 0.6 is 0 Å². The lowest BCUT2D eigenvalue weighted by atomic mass is 9.99. The van der Waals surface area contributed by atoms with Crippen molar-refractivity contribution < 1.29 is 49.2 Å². The van der Waals surface area contributed by atoms with Crippen molar-refractivity contribution in [2.24, 2.45) is 5.73 Å². The number of nitrogens with two attached hydrogens (primary N) is 1. The zero-order valence-electron chi connectivity index (χ0n) is 23.2. The van der Waals surface area contributed by atoms with Gasteiger partial charge in [-0.15, -0.1) is 0 Å². The third-order valence-electron chi connectivity index (χ3n) is 5.66. The Morgan fingerprint density at radius 3 is 1.31 bits per heavy atom. The molecule has 0 spiro atoms. The van der Waals surface area contributed by atoms with Gasteiger partial charge in [-0.2, -0.15) is 0 Å². The van der Waals surface area contributed by atoms with Gasteiger partial charge in [0.25, 0.3) is 0 Å². The van der Waals surface area contributed by atoms with Crippen LogP contribution in [0.1, 0.15) is 20.3 Å². The second kappa shape index (κ2) is 20.4. The number of rotatable bonds is 20. The van der Waals surface area contributed by atoms with E-state index in [0.717, 1.165) is 0 Å². The minimum Gasteiger partial charge on any atom is -0.394 e. The number of ketones is 5. The summed E-state index contributed by atoms with van der Waals surface area (Å²) in [7, 11) is 5.84. The number of aliphatic hydroxyl groups is 4. The summed E-state index contributed by atoms with van der Waals surface area (Å²) in [5.41, 5.74) is 5.04. The van der Waals surface area contributed by atoms with E-state index in [1.165, 1.54) is 42.0 Å². The first-order chi connectivity index (χ1) is 18.2. The molecule has 39 heavy (non-hydrogen) atoms. The minimum absolute atomic E-state index is 0.213. The highest BCUT2D eigenvalue weighted by molar-refractivity contribution is 6.41. The van der Waals surface area contributed by atoms with Crippen molar-refractivity contribution in [2.75, 3.05) is 47.9 Å². The molecule has 16 heteroatoms. The van der Waals surface area contributed by atoms with E-state index in [1.54, 1.807) is 0 Å². The Bertz CT molecular complexity index is 815. The van der Waals surface area contributed by atoms with Crippen LogP contribution in [0, 0.1) is 0 Å². The number of nitrogens with one attached hydrogen (secondary N) is 5. The summed E-state index contributed by atoms with van der Waals surface area (Å²) in [6.45, 7) is 1.33. The summed E-state index contributed by atoms with van der Waals surface area (Å²) in [6, 6.07) is -5.07. The maximum atomic E-state index is 12.1. The Morgan fingerprint density at radius 2 is 1.03 bits per heavy atom. The third kappa shape index (κ3) is 13.4. The van der Waals surface area contributed by atoms with Crippen molar-refractivity contribution in [2.45, 2.75) is 62.7 Å². The van der Waals surface area contributed by atoms with Gasteiger partial charge in [0.2, 0.25) is 29.0 Å². The Morgan fingerprint density at radius 1 is 0.641 bits per heavy atom. The molecule has 226 valence electrons. The molecule has 0 bridgehead atoms. The van der Waals surface area contributed by atoms with Crippen LogP contribution in [0.5, 0.6) is 0 Å². The van der Waals surface area contributed by atoms with Crippen molar-refractivity contribution in [3.8, 4) is 0 Å². The van der Waals surface area contributed by atoms with Gasteiger partial charge < -0.3 is 47.4 Å². The van der Waals surface area contributed by atoms with Crippen LogP contribution in [0.4, 0.5) is 0 Å². The molecule has 0 unspecified atom stereocenters. The summed E-state index contributed by atoms with van der Waals surface area (Å²) < 4.78 is 0. The number of likely N-dealkylation sites (N-methyl/N-ethyl adjacent to an activating group) is 4. The summed E-state index contributed by atoms with van der Waals surface area (Å²) in [5, 5.41) is 49.5. The third-order valence-corrected chi connectivity index (χ3v) is 5.66. The summed E-state index contributed by atoms with van der Waals surface area (Å²) >= 11 is 0. The molecule has 0 aromatic carbocycles. The molecule has 0 heterocycles. The van der Waals surface area contributed by atoms with Crippen molar-refractivity contribution in [1.29, 1.82) is 0 Å². The Kier molecular flexibility index (Phi) is 20.2. The lowest BCUT2D eigenvalue weighted by molar-refractivity contribution is -0.141. The molecule has 0 saturated carbocycles. The molecule has 7 atom stereocenters. The number of carbonyl (C=O) groups is 6. The van der Waals surface area contributed by atoms with Gasteiger partial charge in [0, 0.05) is 6.42 Å². The fourth-order valence-electron chi connectivity index (χ4n) is 3.25. The number of carbonyl (C=O) groups excluding carboxylic acids is 6. The predicted molar refractivity (Wildman–Crippen MR) is 140 cm³/mol. The monoisotopic (exact) mass is 564 g/mol. The topological polar surface area (TPSA) is 270 Å². The van der Waals surface area contributed by atoms with E-state index in [2.05, 4.69) is 26.6 Å². The maximum absolute atomic E-state index is 12.1. The van der Waals surface area contributed by atoms with Gasteiger partial charge in [-0.25, -0.2) is 0 Å². The molecule has 0 aliphatic rings. The fourth-order valence-corrected chi connectivity index (χ4v) is 3.25. The summed E-state index contributed by atoms with van der Waals surface area (Å²) in [5.74, 6) is -4.45.